The fourth-order valence-electron chi connectivity index (χ4n) is 0.598. The van der Waals surface area contributed by atoms with Crippen molar-refractivity contribution in [3.8, 4) is 12.3 Å². The molecule has 1 heteroatoms. The maximum atomic E-state index is 5.19. The molecule has 0 aromatic rings. The van der Waals surface area contributed by atoms with Crippen LogP contribution in [0.3, 0.4) is 0 Å². The summed E-state index contributed by atoms with van der Waals surface area (Å²) in [6.45, 7) is 8.15. The number of hydrogen-bond donors (Lipinski definition) is 1. The van der Waals surface area contributed by atoms with Gasteiger partial charge in [0.1, 0.15) is 0 Å². The summed E-state index contributed by atoms with van der Waals surface area (Å²) in [5, 5.41) is 3.26. The van der Waals surface area contributed by atoms with Crippen molar-refractivity contribution in [3.63, 3.8) is 0 Å². The van der Waals surface area contributed by atoms with Gasteiger partial charge in [0.15, 0.2) is 0 Å². The first-order valence-electron chi connectivity index (χ1n) is 3.62. The van der Waals surface area contributed by atoms with Crippen molar-refractivity contribution >= 4 is 0 Å². The van der Waals surface area contributed by atoms with Crippen molar-refractivity contribution in [2.75, 3.05) is 13.1 Å². The van der Waals surface area contributed by atoms with Crippen LogP contribution in [-0.4, -0.2) is 13.1 Å². The third-order valence-corrected chi connectivity index (χ3v) is 1.21. The Kier molecular flexibility index (Phi) is 5.06. The van der Waals surface area contributed by atoms with Gasteiger partial charge in [0, 0.05) is 19.0 Å². The average Bonchev–Trinajstić information content (AvgIpc) is 1.87. The number of terminal acetylenes is 1. The van der Waals surface area contributed by atoms with E-state index in [-0.39, 0.29) is 0 Å². The zero-order valence-electron chi connectivity index (χ0n) is 7.07. The van der Waals surface area contributed by atoms with E-state index in [9.17, 15) is 0 Å². The van der Waals surface area contributed by atoms with Crippen molar-refractivity contribution in [2.45, 2.75) is 20.8 Å². The fraction of sp³-hybridized carbons (Fsp3) is 0.667. The molecule has 0 unspecified atom stereocenters. The minimum Gasteiger partial charge on any atom is -0.315 e. The van der Waals surface area contributed by atoms with Gasteiger partial charge in [-0.3, -0.25) is 0 Å². The lowest BCUT2D eigenvalue weighted by Crippen LogP contribution is -2.23. The molecular formula is C9H16N. The zero-order chi connectivity index (χ0) is 7.98. The summed E-state index contributed by atoms with van der Waals surface area (Å²) in [5.74, 6) is 4.41. The highest BCUT2D eigenvalue weighted by molar-refractivity contribution is 4.92. The molecule has 0 aromatic heterocycles. The minimum atomic E-state index is 0.347. The van der Waals surface area contributed by atoms with Gasteiger partial charge < -0.3 is 5.32 Å². The maximum Gasteiger partial charge on any atom is 0.0296 e. The minimum absolute atomic E-state index is 0.347. The second-order valence-electron chi connectivity index (χ2n) is 2.91. The van der Waals surface area contributed by atoms with E-state index in [0.717, 1.165) is 13.1 Å². The monoisotopic (exact) mass is 138 g/mol. The van der Waals surface area contributed by atoms with Gasteiger partial charge in [-0.05, 0) is 5.92 Å². The topological polar surface area (TPSA) is 12.0 Å². The summed E-state index contributed by atoms with van der Waals surface area (Å²) in [6, 6.07) is 0. The first-order valence-corrected chi connectivity index (χ1v) is 3.62. The lowest BCUT2D eigenvalue weighted by Gasteiger charge is -2.07. The van der Waals surface area contributed by atoms with Gasteiger partial charge in [0.25, 0.3) is 0 Å². The van der Waals surface area contributed by atoms with Crippen LogP contribution in [0, 0.1) is 24.2 Å². The molecule has 57 valence electrons. The fourth-order valence-corrected chi connectivity index (χ4v) is 0.598. The summed E-state index contributed by atoms with van der Waals surface area (Å²) in [4.78, 5) is 0. The molecule has 0 heterocycles. The SMILES string of the molecule is C#C[C@H](C)CNC[C](C)C. The standard InChI is InChI=1S/C9H16N/c1-5-9(4)7-10-6-8(2)3/h1,9-10H,6-7H2,2-4H3/t9-/m0/s1. The number of hydrogen-bond acceptors (Lipinski definition) is 1. The lowest BCUT2D eigenvalue weighted by atomic mass is 10.2. The molecule has 0 amide bonds. The second-order valence-corrected chi connectivity index (χ2v) is 2.91. The van der Waals surface area contributed by atoms with E-state index >= 15 is 0 Å². The third kappa shape index (κ3) is 5.65. The van der Waals surface area contributed by atoms with Crippen molar-refractivity contribution in [1.82, 2.24) is 5.32 Å². The van der Waals surface area contributed by atoms with E-state index < -0.39 is 0 Å². The summed E-state index contributed by atoms with van der Waals surface area (Å²) < 4.78 is 0. The number of rotatable bonds is 4. The normalized spacial score (nSPS) is 13.1. The lowest BCUT2D eigenvalue weighted by molar-refractivity contribution is 0.614. The van der Waals surface area contributed by atoms with Gasteiger partial charge in [-0.15, -0.1) is 12.3 Å². The molecular weight excluding hydrogens is 122 g/mol. The summed E-state index contributed by atoms with van der Waals surface area (Å²) in [7, 11) is 0. The molecule has 0 aliphatic heterocycles. The Morgan fingerprint density at radius 2 is 2.20 bits per heavy atom. The second kappa shape index (κ2) is 5.32. The Morgan fingerprint density at radius 3 is 2.60 bits per heavy atom. The Morgan fingerprint density at radius 1 is 1.60 bits per heavy atom. The van der Waals surface area contributed by atoms with Crippen LogP contribution in [0.25, 0.3) is 0 Å². The quantitative estimate of drug-likeness (QED) is 0.580. The molecule has 10 heavy (non-hydrogen) atoms. The van der Waals surface area contributed by atoms with Crippen LogP contribution in [0.4, 0.5) is 0 Å². The van der Waals surface area contributed by atoms with E-state index in [1.54, 1.807) is 0 Å². The highest BCUT2D eigenvalue weighted by atomic mass is 14.9. The van der Waals surface area contributed by atoms with E-state index in [2.05, 4.69) is 25.1 Å². The van der Waals surface area contributed by atoms with Gasteiger partial charge in [-0.1, -0.05) is 20.8 Å². The third-order valence-electron chi connectivity index (χ3n) is 1.21. The van der Waals surface area contributed by atoms with Crippen LogP contribution >= 0.6 is 0 Å². The van der Waals surface area contributed by atoms with E-state index in [0.29, 0.717) is 5.92 Å². The maximum absolute atomic E-state index is 5.19. The Hall–Kier alpha value is -0.480. The zero-order valence-corrected chi connectivity index (χ0v) is 7.07. The van der Waals surface area contributed by atoms with Crippen LogP contribution in [0.15, 0.2) is 0 Å². The van der Waals surface area contributed by atoms with Gasteiger partial charge in [-0.25, -0.2) is 0 Å². The first-order chi connectivity index (χ1) is 4.66. The molecule has 1 radical (unpaired) electrons. The predicted molar refractivity (Wildman–Crippen MR) is 45.5 cm³/mol. The van der Waals surface area contributed by atoms with Crippen molar-refractivity contribution in [2.24, 2.45) is 5.92 Å². The highest BCUT2D eigenvalue weighted by Gasteiger charge is 1.96. The molecule has 0 rings (SSSR count). The molecule has 0 fully saturated rings. The van der Waals surface area contributed by atoms with E-state index in [4.69, 9.17) is 6.42 Å². The molecule has 1 N–H and O–H groups in total. The predicted octanol–water partition coefficient (Wildman–Crippen LogP) is 1.46. The van der Waals surface area contributed by atoms with Gasteiger partial charge in [0.2, 0.25) is 0 Å². The van der Waals surface area contributed by atoms with E-state index in [1.165, 1.54) is 5.92 Å². The average molecular weight is 138 g/mol. The summed E-state index contributed by atoms with van der Waals surface area (Å²) >= 11 is 0. The largest absolute Gasteiger partial charge is 0.315 e. The van der Waals surface area contributed by atoms with Crippen molar-refractivity contribution in [3.05, 3.63) is 5.92 Å². The van der Waals surface area contributed by atoms with Crippen LogP contribution < -0.4 is 5.32 Å². The highest BCUT2D eigenvalue weighted by Crippen LogP contribution is 1.92. The molecule has 0 bridgehead atoms. The van der Waals surface area contributed by atoms with Crippen LogP contribution in [0.2, 0.25) is 0 Å². The Bertz CT molecular complexity index is 110. The van der Waals surface area contributed by atoms with Crippen LogP contribution in [-0.2, 0) is 0 Å². The van der Waals surface area contributed by atoms with E-state index in [1.807, 2.05) is 6.92 Å². The molecule has 0 saturated carbocycles. The first kappa shape index (κ1) is 9.52. The molecule has 0 aliphatic rings. The van der Waals surface area contributed by atoms with Crippen molar-refractivity contribution < 1.29 is 0 Å². The molecule has 1 nitrogen and oxygen atoms in total. The van der Waals surface area contributed by atoms with Gasteiger partial charge in [0.05, 0.1) is 0 Å². The summed E-state index contributed by atoms with van der Waals surface area (Å²) in [5.41, 5.74) is 0. The molecule has 0 saturated heterocycles. The number of nitrogens with one attached hydrogen (secondary N) is 1. The van der Waals surface area contributed by atoms with Crippen LogP contribution in [0.5, 0.6) is 0 Å². The smallest absolute Gasteiger partial charge is 0.0296 e. The van der Waals surface area contributed by atoms with Crippen molar-refractivity contribution in [1.29, 1.82) is 0 Å². The Balaban J connectivity index is 3.13. The molecule has 0 spiro atoms. The van der Waals surface area contributed by atoms with Crippen LogP contribution in [0.1, 0.15) is 20.8 Å². The summed E-state index contributed by atoms with van der Waals surface area (Å²) in [6.07, 6.45) is 5.19. The van der Waals surface area contributed by atoms with Gasteiger partial charge >= 0.3 is 0 Å². The molecule has 0 aliphatic carbocycles. The molecule has 1 atom stereocenters. The van der Waals surface area contributed by atoms with Gasteiger partial charge in [-0.2, -0.15) is 0 Å². The molecule has 0 aromatic carbocycles. The Labute approximate surface area is 64.2 Å².